The van der Waals surface area contributed by atoms with Crippen molar-refractivity contribution in [1.29, 1.82) is 0 Å². The van der Waals surface area contributed by atoms with E-state index in [2.05, 4.69) is 16.8 Å². The van der Waals surface area contributed by atoms with E-state index < -0.39 is 0 Å². The molecule has 5 rings (SSSR count). The predicted molar refractivity (Wildman–Crippen MR) is 134 cm³/mol. The molecule has 0 saturated carbocycles. The lowest BCUT2D eigenvalue weighted by molar-refractivity contribution is -0.166. The number of carbonyl (C=O) groups is 2. The van der Waals surface area contributed by atoms with Gasteiger partial charge < -0.3 is 19.6 Å². The van der Waals surface area contributed by atoms with Gasteiger partial charge in [-0.05, 0) is 47.5 Å². The zero-order valence-corrected chi connectivity index (χ0v) is 20.0. The Morgan fingerprint density at radius 1 is 1.11 bits per heavy atom. The maximum Gasteiger partial charge on any atom is 0.242 e. The lowest BCUT2D eigenvalue weighted by Crippen LogP contribution is -2.73. The van der Waals surface area contributed by atoms with Gasteiger partial charge in [0.25, 0.3) is 0 Å². The monoisotopic (exact) mass is 481 g/mol. The molecule has 2 aliphatic rings. The van der Waals surface area contributed by atoms with Crippen molar-refractivity contribution in [3.63, 3.8) is 0 Å². The van der Waals surface area contributed by atoms with Crippen LogP contribution in [0, 0.1) is 11.8 Å². The molecule has 7 heteroatoms. The molecule has 2 aliphatic heterocycles. The molecule has 36 heavy (non-hydrogen) atoms. The van der Waals surface area contributed by atoms with E-state index in [-0.39, 0.29) is 49.4 Å². The molecule has 1 aromatic heterocycles. The summed E-state index contributed by atoms with van der Waals surface area (Å²) in [5, 5.41) is 10.0. The highest BCUT2D eigenvalue weighted by atomic mass is 16.5. The normalized spacial score (nSPS) is 20.6. The molecule has 1 N–H and O–H groups in total. The van der Waals surface area contributed by atoms with E-state index in [1.807, 2.05) is 54.6 Å². The van der Waals surface area contributed by atoms with Crippen LogP contribution in [0.4, 0.5) is 0 Å². The summed E-state index contributed by atoms with van der Waals surface area (Å²) in [6, 6.07) is 18.7. The lowest BCUT2D eigenvalue weighted by atomic mass is 9.73. The fraction of sp³-hybridized carbons (Fsp3) is 0.276. The van der Waals surface area contributed by atoms with Crippen LogP contribution in [0.25, 0.3) is 0 Å². The van der Waals surface area contributed by atoms with Crippen molar-refractivity contribution in [3.8, 4) is 17.6 Å². The number of carbonyl (C=O) groups excluding carboxylic acids is 2. The van der Waals surface area contributed by atoms with E-state index in [0.29, 0.717) is 6.54 Å². The van der Waals surface area contributed by atoms with E-state index in [9.17, 15) is 14.7 Å². The largest absolute Gasteiger partial charge is 0.497 e. The van der Waals surface area contributed by atoms with Gasteiger partial charge in [0.2, 0.25) is 11.8 Å². The molecule has 2 fully saturated rings. The molecule has 0 spiro atoms. The minimum Gasteiger partial charge on any atom is -0.497 e. The third-order valence-corrected chi connectivity index (χ3v) is 6.90. The highest BCUT2D eigenvalue weighted by molar-refractivity contribution is 5.88. The highest BCUT2D eigenvalue weighted by Crippen LogP contribution is 2.43. The van der Waals surface area contributed by atoms with Crippen LogP contribution in [0.3, 0.4) is 0 Å². The van der Waals surface area contributed by atoms with Crippen molar-refractivity contribution in [2.24, 2.45) is 0 Å². The Hall–Kier alpha value is -4.15. The number of nitrogens with zero attached hydrogens (tertiary/aromatic N) is 3. The van der Waals surface area contributed by atoms with Crippen molar-refractivity contribution in [2.45, 2.75) is 24.4 Å². The van der Waals surface area contributed by atoms with Gasteiger partial charge in [-0.3, -0.25) is 14.6 Å². The van der Waals surface area contributed by atoms with Crippen molar-refractivity contribution >= 4 is 11.8 Å². The van der Waals surface area contributed by atoms with E-state index in [1.165, 1.54) is 0 Å². The van der Waals surface area contributed by atoms with Crippen molar-refractivity contribution in [2.75, 3.05) is 26.8 Å². The number of ether oxygens (including phenoxy) is 1. The van der Waals surface area contributed by atoms with Crippen LogP contribution in [-0.4, -0.2) is 70.6 Å². The third kappa shape index (κ3) is 4.68. The number of rotatable bonds is 5. The smallest absolute Gasteiger partial charge is 0.242 e. The van der Waals surface area contributed by atoms with Crippen LogP contribution in [0.15, 0.2) is 73.1 Å². The second-order valence-electron chi connectivity index (χ2n) is 9.06. The Morgan fingerprint density at radius 3 is 2.64 bits per heavy atom. The van der Waals surface area contributed by atoms with Gasteiger partial charge in [-0.25, -0.2) is 0 Å². The fourth-order valence-corrected chi connectivity index (χ4v) is 5.11. The number of aromatic nitrogens is 1. The standard InChI is InChI=1S/C29H27N3O4/c1-36-24-6-2-4-21(14-24)8-7-20-9-11-23(12-10-20)29-25-17-31(18-28(35)32(25)26(29)19-33)27(34)15-22-5-3-13-30-16-22/h2-6,9-14,16,25-26,29,33H,15,17-19H2,1H3/t25-,26-,29-/m0/s1. The Bertz CT molecular complexity index is 1310. The topological polar surface area (TPSA) is 83.0 Å². The maximum absolute atomic E-state index is 12.9. The summed E-state index contributed by atoms with van der Waals surface area (Å²) in [5.41, 5.74) is 3.58. The molecular weight excluding hydrogens is 454 g/mol. The first-order valence-corrected chi connectivity index (χ1v) is 11.9. The molecule has 3 aromatic rings. The third-order valence-electron chi connectivity index (χ3n) is 6.90. The molecule has 0 unspecified atom stereocenters. The van der Waals surface area contributed by atoms with Crippen molar-refractivity contribution < 1.29 is 19.4 Å². The number of hydrogen-bond donors (Lipinski definition) is 1. The zero-order chi connectivity index (χ0) is 25.1. The Balaban J connectivity index is 1.30. The summed E-state index contributed by atoms with van der Waals surface area (Å²) in [6.07, 6.45) is 3.55. The average molecular weight is 482 g/mol. The van der Waals surface area contributed by atoms with Crippen LogP contribution >= 0.6 is 0 Å². The number of benzene rings is 2. The Labute approximate surface area is 210 Å². The second-order valence-corrected chi connectivity index (χ2v) is 9.06. The van der Waals surface area contributed by atoms with Gasteiger partial charge in [-0.1, -0.05) is 36.1 Å². The second kappa shape index (κ2) is 10.2. The number of hydrogen-bond acceptors (Lipinski definition) is 5. The van der Waals surface area contributed by atoms with Crippen molar-refractivity contribution in [3.05, 3.63) is 95.3 Å². The molecule has 2 amide bonds. The number of piperazine rings is 1. The molecular formula is C29H27N3O4. The minimum atomic E-state index is -0.285. The molecule has 182 valence electrons. The molecule has 3 heterocycles. The predicted octanol–water partition coefficient (Wildman–Crippen LogP) is 2.23. The number of fused-ring (bicyclic) bond motifs is 1. The molecule has 0 radical (unpaired) electrons. The van der Waals surface area contributed by atoms with E-state index in [0.717, 1.165) is 28.0 Å². The Kier molecular flexibility index (Phi) is 6.70. The first-order chi connectivity index (χ1) is 17.6. The van der Waals surface area contributed by atoms with Crippen LogP contribution in [0.5, 0.6) is 5.75 Å². The molecule has 2 saturated heterocycles. The van der Waals surface area contributed by atoms with Crippen LogP contribution < -0.4 is 4.74 Å². The van der Waals surface area contributed by atoms with Gasteiger partial charge in [0.15, 0.2) is 0 Å². The number of pyridine rings is 1. The molecule has 3 atom stereocenters. The molecule has 2 aromatic carbocycles. The van der Waals surface area contributed by atoms with Crippen LogP contribution in [0.1, 0.15) is 28.2 Å². The first kappa shape index (κ1) is 23.6. The molecule has 7 nitrogen and oxygen atoms in total. The highest BCUT2D eigenvalue weighted by Gasteiger charge is 2.54. The van der Waals surface area contributed by atoms with Gasteiger partial charge in [-0.2, -0.15) is 0 Å². The van der Waals surface area contributed by atoms with Gasteiger partial charge in [0.05, 0.1) is 38.8 Å². The minimum absolute atomic E-state index is 0.0393. The zero-order valence-electron chi connectivity index (χ0n) is 20.0. The summed E-state index contributed by atoms with van der Waals surface area (Å²) in [6.45, 7) is 0.370. The van der Waals surface area contributed by atoms with E-state index in [1.54, 1.807) is 35.4 Å². The number of aliphatic hydroxyl groups excluding tert-OH is 1. The quantitative estimate of drug-likeness (QED) is 0.565. The van der Waals surface area contributed by atoms with E-state index in [4.69, 9.17) is 4.74 Å². The number of amides is 2. The maximum atomic E-state index is 12.9. The summed E-state index contributed by atoms with van der Waals surface area (Å²) in [5.74, 6) is 6.82. The summed E-state index contributed by atoms with van der Waals surface area (Å²) in [7, 11) is 1.63. The van der Waals surface area contributed by atoms with Gasteiger partial charge in [0, 0.05) is 36.0 Å². The Morgan fingerprint density at radius 2 is 1.92 bits per heavy atom. The SMILES string of the molecule is COc1cccc(C#Cc2ccc([C@@H]3[C@H](CO)N4C(=O)CN(C(=O)Cc5cccnc5)C[C@@H]34)cc2)c1. The first-order valence-electron chi connectivity index (χ1n) is 11.9. The molecule has 0 aliphatic carbocycles. The average Bonchev–Trinajstić information content (AvgIpc) is 2.90. The van der Waals surface area contributed by atoms with Crippen LogP contribution in [-0.2, 0) is 16.0 Å². The van der Waals surface area contributed by atoms with Gasteiger partial charge in [0.1, 0.15) is 5.75 Å². The number of methoxy groups -OCH3 is 1. The lowest BCUT2D eigenvalue weighted by Gasteiger charge is -2.58. The van der Waals surface area contributed by atoms with Gasteiger partial charge >= 0.3 is 0 Å². The van der Waals surface area contributed by atoms with E-state index >= 15 is 0 Å². The van der Waals surface area contributed by atoms with Gasteiger partial charge in [-0.15, -0.1) is 0 Å². The number of aliphatic hydroxyl groups is 1. The fourth-order valence-electron chi connectivity index (χ4n) is 5.11. The van der Waals surface area contributed by atoms with Crippen molar-refractivity contribution in [1.82, 2.24) is 14.8 Å². The van der Waals surface area contributed by atoms with Crippen LogP contribution in [0.2, 0.25) is 0 Å². The summed E-state index contributed by atoms with van der Waals surface area (Å²) >= 11 is 0. The summed E-state index contributed by atoms with van der Waals surface area (Å²) in [4.78, 5) is 33.2. The summed E-state index contributed by atoms with van der Waals surface area (Å²) < 4.78 is 5.25. The molecule has 0 bridgehead atoms.